The lowest BCUT2D eigenvalue weighted by Gasteiger charge is -2.25. The third kappa shape index (κ3) is 3.92. The first kappa shape index (κ1) is 16.9. The van der Waals surface area contributed by atoms with E-state index >= 15 is 0 Å². The van der Waals surface area contributed by atoms with Crippen molar-refractivity contribution in [3.63, 3.8) is 0 Å². The van der Waals surface area contributed by atoms with E-state index in [-0.39, 0.29) is 5.92 Å². The van der Waals surface area contributed by atoms with Crippen LogP contribution in [-0.4, -0.2) is 56.6 Å². The minimum absolute atomic E-state index is 0.139. The Balaban J connectivity index is 2.81. The minimum atomic E-state index is -3.42. The summed E-state index contributed by atoms with van der Waals surface area (Å²) in [5.74, 6) is -1.12. The summed E-state index contributed by atoms with van der Waals surface area (Å²) >= 11 is 0. The highest BCUT2D eigenvalue weighted by atomic mass is 32.2. The first-order chi connectivity index (χ1) is 9.18. The number of carbonyl (C=O) groups is 2. The van der Waals surface area contributed by atoms with Crippen LogP contribution in [0.25, 0.3) is 0 Å². The van der Waals surface area contributed by atoms with E-state index in [9.17, 15) is 18.0 Å². The molecule has 1 heterocycles. The average molecular weight is 306 g/mol. The summed E-state index contributed by atoms with van der Waals surface area (Å²) in [4.78, 5) is 23.8. The summed E-state index contributed by atoms with van der Waals surface area (Å²) in [6.07, 6.45) is 2.18. The van der Waals surface area contributed by atoms with Crippen LogP contribution in [0.1, 0.15) is 26.7 Å². The molecule has 0 aromatic rings. The SMILES string of the molecule is COC(=O)C(NC(=O)C1CCCN1S(C)(=O)=O)C(C)C. The van der Waals surface area contributed by atoms with Gasteiger partial charge in [-0.15, -0.1) is 0 Å². The summed E-state index contributed by atoms with van der Waals surface area (Å²) in [5.41, 5.74) is 0. The lowest BCUT2D eigenvalue weighted by Crippen LogP contribution is -2.52. The fourth-order valence-corrected chi connectivity index (χ4v) is 3.40. The summed E-state index contributed by atoms with van der Waals surface area (Å²) in [6.45, 7) is 3.90. The molecule has 0 bridgehead atoms. The molecule has 7 nitrogen and oxygen atoms in total. The van der Waals surface area contributed by atoms with Gasteiger partial charge >= 0.3 is 5.97 Å². The maximum Gasteiger partial charge on any atom is 0.328 e. The van der Waals surface area contributed by atoms with Crippen LogP contribution in [0.2, 0.25) is 0 Å². The van der Waals surface area contributed by atoms with E-state index in [0.717, 1.165) is 6.26 Å². The second-order valence-electron chi connectivity index (χ2n) is 5.29. The Morgan fingerprint density at radius 1 is 1.35 bits per heavy atom. The third-order valence-electron chi connectivity index (χ3n) is 3.35. The van der Waals surface area contributed by atoms with E-state index in [2.05, 4.69) is 10.1 Å². The zero-order valence-electron chi connectivity index (χ0n) is 12.3. The molecule has 2 atom stereocenters. The summed E-state index contributed by atoms with van der Waals surface area (Å²) in [5, 5.41) is 2.59. The molecule has 2 unspecified atom stereocenters. The number of hydrogen-bond acceptors (Lipinski definition) is 5. The Morgan fingerprint density at radius 2 is 1.95 bits per heavy atom. The van der Waals surface area contributed by atoms with Gasteiger partial charge in [0.15, 0.2) is 0 Å². The van der Waals surface area contributed by atoms with Gasteiger partial charge in [-0.2, -0.15) is 4.31 Å². The van der Waals surface area contributed by atoms with Gasteiger partial charge in [0, 0.05) is 6.54 Å². The van der Waals surface area contributed by atoms with Crippen LogP contribution in [0.15, 0.2) is 0 Å². The topological polar surface area (TPSA) is 92.8 Å². The van der Waals surface area contributed by atoms with Crippen molar-refractivity contribution in [2.24, 2.45) is 5.92 Å². The molecule has 20 heavy (non-hydrogen) atoms. The van der Waals surface area contributed by atoms with E-state index in [4.69, 9.17) is 0 Å². The molecule has 1 fully saturated rings. The second-order valence-corrected chi connectivity index (χ2v) is 7.22. The lowest BCUT2D eigenvalue weighted by atomic mass is 10.0. The second kappa shape index (κ2) is 6.53. The van der Waals surface area contributed by atoms with Crippen LogP contribution in [0.4, 0.5) is 0 Å². The number of ether oxygens (including phenoxy) is 1. The summed E-state index contributed by atoms with van der Waals surface area (Å²) in [7, 11) is -2.17. The normalized spacial score (nSPS) is 21.8. The number of rotatable bonds is 5. The quantitative estimate of drug-likeness (QED) is 0.706. The molecule has 1 amide bonds. The zero-order chi connectivity index (χ0) is 15.5. The minimum Gasteiger partial charge on any atom is -0.467 e. The van der Waals surface area contributed by atoms with Crippen LogP contribution in [0, 0.1) is 5.92 Å². The molecule has 0 aromatic carbocycles. The fraction of sp³-hybridized carbons (Fsp3) is 0.833. The predicted octanol–water partition coefficient (Wildman–Crippen LogP) is -0.276. The smallest absolute Gasteiger partial charge is 0.328 e. The standard InChI is InChI=1S/C12H22N2O5S/c1-8(2)10(12(16)19-3)13-11(15)9-6-5-7-14(9)20(4,17)18/h8-10H,5-7H2,1-4H3,(H,13,15). The van der Waals surface area contributed by atoms with Crippen LogP contribution in [-0.2, 0) is 24.3 Å². The average Bonchev–Trinajstić information content (AvgIpc) is 2.83. The Morgan fingerprint density at radius 3 is 2.40 bits per heavy atom. The molecule has 0 spiro atoms. The van der Waals surface area contributed by atoms with Gasteiger partial charge in [0.2, 0.25) is 15.9 Å². The third-order valence-corrected chi connectivity index (χ3v) is 4.64. The molecular weight excluding hydrogens is 284 g/mol. The summed E-state index contributed by atoms with van der Waals surface area (Å²) in [6, 6.07) is -1.51. The number of esters is 1. The van der Waals surface area contributed by atoms with Crippen LogP contribution in [0.5, 0.6) is 0 Å². The van der Waals surface area contributed by atoms with E-state index < -0.39 is 34.0 Å². The van der Waals surface area contributed by atoms with E-state index in [1.54, 1.807) is 13.8 Å². The maximum atomic E-state index is 12.2. The van der Waals surface area contributed by atoms with Crippen molar-refractivity contribution < 1.29 is 22.7 Å². The van der Waals surface area contributed by atoms with Crippen molar-refractivity contribution in [3.05, 3.63) is 0 Å². The van der Waals surface area contributed by atoms with Gasteiger partial charge < -0.3 is 10.1 Å². The highest BCUT2D eigenvalue weighted by molar-refractivity contribution is 7.88. The van der Waals surface area contributed by atoms with Gasteiger partial charge in [0.25, 0.3) is 0 Å². The zero-order valence-corrected chi connectivity index (χ0v) is 13.1. The molecule has 116 valence electrons. The highest BCUT2D eigenvalue weighted by Gasteiger charge is 2.38. The van der Waals surface area contributed by atoms with Gasteiger partial charge in [0.05, 0.1) is 13.4 Å². The first-order valence-corrected chi connectivity index (χ1v) is 8.38. The Kier molecular flexibility index (Phi) is 5.52. The summed E-state index contributed by atoms with van der Waals surface area (Å²) < 4.78 is 29.0. The van der Waals surface area contributed by atoms with Crippen LogP contribution < -0.4 is 5.32 Å². The number of sulfonamides is 1. The van der Waals surface area contributed by atoms with Gasteiger partial charge in [-0.25, -0.2) is 13.2 Å². The van der Waals surface area contributed by atoms with Gasteiger partial charge in [0.1, 0.15) is 12.1 Å². The van der Waals surface area contributed by atoms with Crippen LogP contribution >= 0.6 is 0 Å². The lowest BCUT2D eigenvalue weighted by molar-refractivity contribution is -0.146. The Labute approximate surface area is 119 Å². The highest BCUT2D eigenvalue weighted by Crippen LogP contribution is 2.20. The molecule has 8 heteroatoms. The maximum absolute atomic E-state index is 12.2. The molecule has 0 radical (unpaired) electrons. The molecule has 1 rings (SSSR count). The van der Waals surface area contributed by atoms with Crippen molar-refractivity contribution in [2.75, 3.05) is 19.9 Å². The molecule has 1 aliphatic heterocycles. The molecule has 0 aromatic heterocycles. The van der Waals surface area contributed by atoms with Gasteiger partial charge in [-0.1, -0.05) is 13.8 Å². The fourth-order valence-electron chi connectivity index (χ4n) is 2.27. The monoisotopic (exact) mass is 306 g/mol. The van der Waals surface area contributed by atoms with Crippen molar-refractivity contribution in [1.29, 1.82) is 0 Å². The Hall–Kier alpha value is -1.15. The molecule has 0 saturated carbocycles. The van der Waals surface area contributed by atoms with Crippen molar-refractivity contribution in [3.8, 4) is 0 Å². The number of carbonyl (C=O) groups excluding carboxylic acids is 2. The van der Waals surface area contributed by atoms with Crippen molar-refractivity contribution in [2.45, 2.75) is 38.8 Å². The predicted molar refractivity (Wildman–Crippen MR) is 73.4 cm³/mol. The Bertz CT molecular complexity index is 474. The van der Waals surface area contributed by atoms with Crippen molar-refractivity contribution in [1.82, 2.24) is 9.62 Å². The largest absolute Gasteiger partial charge is 0.467 e. The number of nitrogens with one attached hydrogen (secondary N) is 1. The number of hydrogen-bond donors (Lipinski definition) is 1. The van der Waals surface area contributed by atoms with Crippen molar-refractivity contribution >= 4 is 21.9 Å². The first-order valence-electron chi connectivity index (χ1n) is 6.53. The molecule has 1 saturated heterocycles. The van der Waals surface area contributed by atoms with Gasteiger partial charge in [-0.3, -0.25) is 4.79 Å². The van der Waals surface area contributed by atoms with E-state index in [1.165, 1.54) is 11.4 Å². The number of nitrogens with zero attached hydrogens (tertiary/aromatic N) is 1. The number of amides is 1. The molecule has 0 aliphatic carbocycles. The molecular formula is C12H22N2O5S. The van der Waals surface area contributed by atoms with Gasteiger partial charge in [-0.05, 0) is 18.8 Å². The molecule has 1 N–H and O–H groups in total. The number of methoxy groups -OCH3 is 1. The molecule has 1 aliphatic rings. The van der Waals surface area contributed by atoms with E-state index in [1.807, 2.05) is 0 Å². The van der Waals surface area contributed by atoms with Crippen LogP contribution in [0.3, 0.4) is 0 Å². The van der Waals surface area contributed by atoms with E-state index in [0.29, 0.717) is 19.4 Å².